The van der Waals surface area contributed by atoms with Gasteiger partial charge < -0.3 is 4.74 Å². The van der Waals surface area contributed by atoms with E-state index in [2.05, 4.69) is 44.7 Å². The molecule has 0 aliphatic carbocycles. The lowest BCUT2D eigenvalue weighted by molar-refractivity contribution is -0.109. The smallest absolute Gasteiger partial charge is 0.339 e. The second-order valence-electron chi connectivity index (χ2n) is 7.76. The number of carbonyl (C=O) groups is 1. The van der Waals surface area contributed by atoms with Crippen LogP contribution in [0, 0.1) is 5.92 Å². The third-order valence-corrected chi connectivity index (χ3v) is 5.66. The van der Waals surface area contributed by atoms with E-state index in [4.69, 9.17) is 4.74 Å². The van der Waals surface area contributed by atoms with Crippen molar-refractivity contribution in [1.29, 1.82) is 0 Å². The normalized spacial score (nSPS) is 26.7. The molecule has 0 aromatic heterocycles. The van der Waals surface area contributed by atoms with Crippen LogP contribution in [0.15, 0.2) is 60.7 Å². The average molecular weight is 351 g/mol. The summed E-state index contributed by atoms with van der Waals surface area (Å²) >= 11 is 0. The van der Waals surface area contributed by atoms with E-state index in [1.807, 2.05) is 48.5 Å². The molecule has 1 saturated heterocycles. The van der Waals surface area contributed by atoms with E-state index in [9.17, 15) is 4.79 Å². The summed E-state index contributed by atoms with van der Waals surface area (Å²) in [6.45, 7) is 9.81. The predicted octanol–water partition coefficient (Wildman–Crippen LogP) is 4.88. The van der Waals surface area contributed by atoms with E-state index in [1.165, 1.54) is 0 Å². The number of likely N-dealkylation sites (tertiary alicyclic amines) is 1. The zero-order chi connectivity index (χ0) is 18.7. The minimum atomic E-state index is -0.598. The van der Waals surface area contributed by atoms with Gasteiger partial charge in [0.05, 0.1) is 5.56 Å². The van der Waals surface area contributed by atoms with Crippen molar-refractivity contribution in [2.45, 2.75) is 51.8 Å². The molecule has 138 valence electrons. The van der Waals surface area contributed by atoms with Crippen molar-refractivity contribution >= 4 is 5.97 Å². The molecule has 1 aliphatic heterocycles. The summed E-state index contributed by atoms with van der Waals surface area (Å²) in [5, 5.41) is 0. The molecule has 26 heavy (non-hydrogen) atoms. The maximum absolute atomic E-state index is 12.9. The molecule has 1 fully saturated rings. The Balaban J connectivity index is 1.97. The molecule has 3 atom stereocenters. The minimum Gasteiger partial charge on any atom is -0.450 e. The fraction of sp³-hybridized carbons (Fsp3) is 0.435. The summed E-state index contributed by atoms with van der Waals surface area (Å²) in [6.07, 6.45) is 0.801. The largest absolute Gasteiger partial charge is 0.450 e. The van der Waals surface area contributed by atoms with Crippen molar-refractivity contribution < 1.29 is 9.53 Å². The maximum atomic E-state index is 12.9. The van der Waals surface area contributed by atoms with Crippen molar-refractivity contribution in [3.05, 3.63) is 71.8 Å². The van der Waals surface area contributed by atoms with Crippen LogP contribution in [0.25, 0.3) is 0 Å². The second kappa shape index (κ2) is 7.63. The highest BCUT2D eigenvalue weighted by molar-refractivity contribution is 5.89. The topological polar surface area (TPSA) is 29.5 Å². The first-order chi connectivity index (χ1) is 12.4. The number of piperidine rings is 1. The summed E-state index contributed by atoms with van der Waals surface area (Å²) in [7, 11) is 0. The number of nitrogens with zero attached hydrogens (tertiary/aromatic N) is 1. The van der Waals surface area contributed by atoms with E-state index in [0.29, 0.717) is 17.6 Å². The zero-order valence-electron chi connectivity index (χ0n) is 16.2. The molecule has 2 unspecified atom stereocenters. The Morgan fingerprint density at radius 1 is 1.04 bits per heavy atom. The molecule has 2 aromatic carbocycles. The van der Waals surface area contributed by atoms with Gasteiger partial charge in [0.1, 0.15) is 5.60 Å². The van der Waals surface area contributed by atoms with Crippen LogP contribution in [0.1, 0.15) is 50.0 Å². The summed E-state index contributed by atoms with van der Waals surface area (Å²) in [4.78, 5) is 15.4. The van der Waals surface area contributed by atoms with Gasteiger partial charge in [-0.1, -0.05) is 55.5 Å². The Kier molecular flexibility index (Phi) is 5.47. The molecule has 0 radical (unpaired) electrons. The Morgan fingerprint density at radius 2 is 1.62 bits per heavy atom. The molecule has 3 heteroatoms. The highest BCUT2D eigenvalue weighted by Crippen LogP contribution is 2.44. The Morgan fingerprint density at radius 3 is 2.19 bits per heavy atom. The van der Waals surface area contributed by atoms with Crippen LogP contribution < -0.4 is 0 Å². The fourth-order valence-corrected chi connectivity index (χ4v) is 4.24. The van der Waals surface area contributed by atoms with Crippen molar-refractivity contribution in [2.24, 2.45) is 5.92 Å². The van der Waals surface area contributed by atoms with E-state index >= 15 is 0 Å². The van der Waals surface area contributed by atoms with E-state index in [1.54, 1.807) is 0 Å². The van der Waals surface area contributed by atoms with Gasteiger partial charge in [-0.15, -0.1) is 0 Å². The number of hydrogen-bond acceptors (Lipinski definition) is 3. The first-order valence-electron chi connectivity index (χ1n) is 9.53. The lowest BCUT2D eigenvalue weighted by atomic mass is 9.73. The molecule has 0 amide bonds. The van der Waals surface area contributed by atoms with Crippen LogP contribution in [-0.4, -0.2) is 29.5 Å². The molecule has 1 aliphatic rings. The summed E-state index contributed by atoms with van der Waals surface area (Å²) in [5.41, 5.74) is 1.10. The Bertz CT molecular complexity index is 728. The van der Waals surface area contributed by atoms with Crippen LogP contribution >= 0.6 is 0 Å². The molecule has 2 aromatic rings. The van der Waals surface area contributed by atoms with Gasteiger partial charge in [0.15, 0.2) is 0 Å². The molecule has 0 N–H and O–H groups in total. The molecule has 3 rings (SSSR count). The molecular weight excluding hydrogens is 322 g/mol. The Hall–Kier alpha value is -2.13. The monoisotopic (exact) mass is 351 g/mol. The van der Waals surface area contributed by atoms with E-state index < -0.39 is 5.60 Å². The molecule has 1 heterocycles. The van der Waals surface area contributed by atoms with Gasteiger partial charge in [0, 0.05) is 31.0 Å². The van der Waals surface area contributed by atoms with Crippen LogP contribution in [-0.2, 0) is 10.3 Å². The quantitative estimate of drug-likeness (QED) is 0.736. The van der Waals surface area contributed by atoms with Crippen LogP contribution in [0.2, 0.25) is 0 Å². The first kappa shape index (κ1) is 18.7. The number of carbonyl (C=O) groups excluding carboxylic acids is 1. The van der Waals surface area contributed by atoms with Gasteiger partial charge in [-0.3, -0.25) is 4.90 Å². The lowest BCUT2D eigenvalue weighted by Gasteiger charge is -2.50. The SMILES string of the molecule is CC(C)N1CC(C)[C@@](OC(=O)c2ccccc2)(c2ccccc2)CC1C. The second-order valence-corrected chi connectivity index (χ2v) is 7.76. The maximum Gasteiger partial charge on any atom is 0.339 e. The van der Waals surface area contributed by atoms with E-state index in [0.717, 1.165) is 18.5 Å². The zero-order valence-corrected chi connectivity index (χ0v) is 16.2. The molecule has 0 saturated carbocycles. The van der Waals surface area contributed by atoms with Crippen LogP contribution in [0.3, 0.4) is 0 Å². The molecule has 0 spiro atoms. The number of esters is 1. The van der Waals surface area contributed by atoms with Gasteiger partial charge in [0.2, 0.25) is 0 Å². The number of rotatable bonds is 4. The van der Waals surface area contributed by atoms with Crippen LogP contribution in [0.4, 0.5) is 0 Å². The summed E-state index contributed by atoms with van der Waals surface area (Å²) < 4.78 is 6.30. The third-order valence-electron chi connectivity index (χ3n) is 5.66. The van der Waals surface area contributed by atoms with Crippen molar-refractivity contribution in [2.75, 3.05) is 6.54 Å². The highest BCUT2D eigenvalue weighted by Gasteiger charge is 2.48. The minimum absolute atomic E-state index is 0.205. The van der Waals surface area contributed by atoms with Gasteiger partial charge in [-0.25, -0.2) is 4.79 Å². The summed E-state index contributed by atoms with van der Waals surface area (Å²) in [5.74, 6) is -0.0392. The standard InChI is InChI=1S/C23H29NO2/c1-17(2)24-16-18(3)23(15-19(24)4,21-13-9-6-10-14-21)26-22(25)20-11-7-5-8-12-20/h5-14,17-19H,15-16H2,1-4H3/t18?,19?,23-/m1/s1. The predicted molar refractivity (Wildman–Crippen MR) is 105 cm³/mol. The molecular formula is C23H29NO2. The first-order valence-corrected chi connectivity index (χ1v) is 9.53. The fourth-order valence-electron chi connectivity index (χ4n) is 4.24. The molecule has 3 nitrogen and oxygen atoms in total. The lowest BCUT2D eigenvalue weighted by Crippen LogP contribution is -2.56. The third kappa shape index (κ3) is 3.54. The van der Waals surface area contributed by atoms with Gasteiger partial charge in [0.25, 0.3) is 0 Å². The van der Waals surface area contributed by atoms with Gasteiger partial charge in [-0.2, -0.15) is 0 Å². The molecule has 0 bridgehead atoms. The Labute approximate surface area is 157 Å². The van der Waals surface area contributed by atoms with Crippen molar-refractivity contribution in [3.8, 4) is 0 Å². The van der Waals surface area contributed by atoms with Gasteiger partial charge >= 0.3 is 5.97 Å². The number of benzene rings is 2. The number of hydrogen-bond donors (Lipinski definition) is 0. The van der Waals surface area contributed by atoms with Crippen molar-refractivity contribution in [1.82, 2.24) is 4.90 Å². The van der Waals surface area contributed by atoms with E-state index in [-0.39, 0.29) is 11.9 Å². The van der Waals surface area contributed by atoms with Crippen molar-refractivity contribution in [3.63, 3.8) is 0 Å². The van der Waals surface area contributed by atoms with Crippen LogP contribution in [0.5, 0.6) is 0 Å². The highest BCUT2D eigenvalue weighted by atomic mass is 16.6. The average Bonchev–Trinajstić information content (AvgIpc) is 2.65. The summed E-state index contributed by atoms with van der Waals surface area (Å²) in [6, 6.07) is 20.4. The van der Waals surface area contributed by atoms with Gasteiger partial charge in [-0.05, 0) is 38.5 Å². The number of ether oxygens (including phenoxy) is 1.